The summed E-state index contributed by atoms with van der Waals surface area (Å²) in [5.74, 6) is -2.37. The van der Waals surface area contributed by atoms with Crippen LogP contribution >= 0.6 is 0 Å². The predicted octanol–water partition coefficient (Wildman–Crippen LogP) is 1.86. The Balaban J connectivity index is 2.81. The van der Waals surface area contributed by atoms with E-state index in [-0.39, 0.29) is 40.9 Å². The van der Waals surface area contributed by atoms with Gasteiger partial charge in [-0.2, -0.15) is 10.2 Å². The second kappa shape index (κ2) is 5.58. The molecule has 108 valence electrons. The van der Waals surface area contributed by atoms with Crippen molar-refractivity contribution in [1.82, 2.24) is 9.97 Å². The summed E-state index contributed by atoms with van der Waals surface area (Å²) in [6, 6.07) is 3.46. The van der Waals surface area contributed by atoms with Crippen molar-refractivity contribution in [3.63, 3.8) is 0 Å². The first-order chi connectivity index (χ1) is 9.97. The van der Waals surface area contributed by atoms with Crippen molar-refractivity contribution < 1.29 is 13.5 Å². The van der Waals surface area contributed by atoms with Crippen LogP contribution < -0.4 is 16.2 Å². The lowest BCUT2D eigenvalue weighted by molar-refractivity contribution is 0.321. The van der Waals surface area contributed by atoms with Gasteiger partial charge in [0.15, 0.2) is 11.6 Å². The first-order valence-corrected chi connectivity index (χ1v) is 5.93. The molecule has 0 spiro atoms. The van der Waals surface area contributed by atoms with Gasteiger partial charge in [-0.3, -0.25) is 0 Å². The molecule has 0 fully saturated rings. The van der Waals surface area contributed by atoms with E-state index < -0.39 is 11.6 Å². The lowest BCUT2D eigenvalue weighted by atomic mass is 10.1. The van der Waals surface area contributed by atoms with Crippen molar-refractivity contribution >= 4 is 11.8 Å². The first-order valence-electron chi connectivity index (χ1n) is 5.93. The molecule has 0 atom stereocenters. The van der Waals surface area contributed by atoms with Crippen molar-refractivity contribution in [3.05, 3.63) is 29.3 Å². The maximum Gasteiger partial charge on any atom is 0.222 e. The number of aromatic nitrogens is 2. The number of hydrogen-bond donors (Lipinski definition) is 2. The van der Waals surface area contributed by atoms with E-state index in [2.05, 4.69) is 9.97 Å². The molecule has 6 nitrogen and oxygen atoms in total. The standard InChI is InChI=1S/C13H11F2N5O/c1-2-21-11-7(3-6(14)4-9(11)15)10-8(5-16)12(17)20-13(18)19-10/h3-4H,2H2,1H3,(H4,17,18,19,20). The summed E-state index contributed by atoms with van der Waals surface area (Å²) in [4.78, 5) is 7.50. The molecule has 0 saturated heterocycles. The van der Waals surface area contributed by atoms with Crippen LogP contribution in [0.15, 0.2) is 12.1 Å². The maximum absolute atomic E-state index is 13.9. The normalized spacial score (nSPS) is 10.2. The highest BCUT2D eigenvalue weighted by Gasteiger charge is 2.21. The monoisotopic (exact) mass is 291 g/mol. The van der Waals surface area contributed by atoms with Crippen molar-refractivity contribution in [2.24, 2.45) is 0 Å². The highest BCUT2D eigenvalue weighted by atomic mass is 19.1. The maximum atomic E-state index is 13.9. The lowest BCUT2D eigenvalue weighted by Crippen LogP contribution is -2.07. The minimum Gasteiger partial charge on any atom is -0.490 e. The summed E-state index contributed by atoms with van der Waals surface area (Å²) < 4.78 is 32.5. The largest absolute Gasteiger partial charge is 0.490 e. The Hall–Kier alpha value is -2.95. The molecule has 1 heterocycles. The SMILES string of the molecule is CCOc1c(F)cc(F)cc1-c1nc(N)nc(N)c1C#N. The van der Waals surface area contributed by atoms with Crippen molar-refractivity contribution in [3.8, 4) is 23.1 Å². The van der Waals surface area contributed by atoms with E-state index in [9.17, 15) is 8.78 Å². The minimum absolute atomic E-state index is 0.0494. The molecule has 0 bridgehead atoms. The number of nitriles is 1. The molecule has 2 rings (SSSR count). The van der Waals surface area contributed by atoms with Gasteiger partial charge in [-0.05, 0) is 13.0 Å². The third kappa shape index (κ3) is 2.67. The number of halogens is 2. The van der Waals surface area contributed by atoms with Gasteiger partial charge in [-0.1, -0.05) is 0 Å². The Morgan fingerprint density at radius 3 is 2.62 bits per heavy atom. The van der Waals surface area contributed by atoms with Crippen molar-refractivity contribution in [1.29, 1.82) is 5.26 Å². The molecule has 0 aliphatic heterocycles. The van der Waals surface area contributed by atoms with E-state index in [4.69, 9.17) is 21.5 Å². The molecule has 1 aromatic heterocycles. The summed E-state index contributed by atoms with van der Waals surface area (Å²) in [6.45, 7) is 1.79. The van der Waals surface area contributed by atoms with Gasteiger partial charge in [0.25, 0.3) is 0 Å². The van der Waals surface area contributed by atoms with Crippen LogP contribution in [0.3, 0.4) is 0 Å². The molecule has 4 N–H and O–H groups in total. The quantitative estimate of drug-likeness (QED) is 0.892. The van der Waals surface area contributed by atoms with Gasteiger partial charge in [0.05, 0.1) is 12.3 Å². The fraction of sp³-hybridized carbons (Fsp3) is 0.154. The number of ether oxygens (including phenoxy) is 1. The Bertz CT molecular complexity index is 742. The zero-order chi connectivity index (χ0) is 15.6. The van der Waals surface area contributed by atoms with Gasteiger partial charge in [0, 0.05) is 11.6 Å². The Morgan fingerprint density at radius 2 is 2.00 bits per heavy atom. The topological polar surface area (TPSA) is 111 Å². The third-order valence-corrected chi connectivity index (χ3v) is 2.62. The van der Waals surface area contributed by atoms with Crippen LogP contribution in [-0.2, 0) is 0 Å². The lowest BCUT2D eigenvalue weighted by Gasteiger charge is -2.13. The Kier molecular flexibility index (Phi) is 3.84. The fourth-order valence-electron chi connectivity index (χ4n) is 1.83. The highest BCUT2D eigenvalue weighted by molar-refractivity contribution is 5.77. The molecule has 0 radical (unpaired) electrons. The summed E-state index contributed by atoms with van der Waals surface area (Å²) in [5.41, 5.74) is 10.8. The molecule has 21 heavy (non-hydrogen) atoms. The van der Waals surface area contributed by atoms with Gasteiger partial charge in [0.1, 0.15) is 23.3 Å². The van der Waals surface area contributed by atoms with E-state index >= 15 is 0 Å². The van der Waals surface area contributed by atoms with Gasteiger partial charge in [-0.15, -0.1) is 0 Å². The number of rotatable bonds is 3. The van der Waals surface area contributed by atoms with Crippen molar-refractivity contribution in [2.45, 2.75) is 6.92 Å². The van der Waals surface area contributed by atoms with Crippen LogP contribution in [0.1, 0.15) is 12.5 Å². The van der Waals surface area contributed by atoms with E-state index in [1.807, 2.05) is 0 Å². The van der Waals surface area contributed by atoms with Crippen LogP contribution in [0.5, 0.6) is 5.75 Å². The number of anilines is 2. The summed E-state index contributed by atoms with van der Waals surface area (Å²) in [7, 11) is 0. The van der Waals surface area contributed by atoms with Crippen LogP contribution in [-0.4, -0.2) is 16.6 Å². The highest BCUT2D eigenvalue weighted by Crippen LogP contribution is 2.35. The molecule has 0 aliphatic rings. The Morgan fingerprint density at radius 1 is 1.29 bits per heavy atom. The van der Waals surface area contributed by atoms with E-state index in [1.54, 1.807) is 13.0 Å². The van der Waals surface area contributed by atoms with Crippen molar-refractivity contribution in [2.75, 3.05) is 18.1 Å². The number of benzene rings is 1. The van der Waals surface area contributed by atoms with E-state index in [0.717, 1.165) is 6.07 Å². The zero-order valence-corrected chi connectivity index (χ0v) is 11.0. The Labute approximate surface area is 119 Å². The number of nitrogen functional groups attached to an aromatic ring is 2. The number of nitrogens with two attached hydrogens (primary N) is 2. The minimum atomic E-state index is -0.911. The fourth-order valence-corrected chi connectivity index (χ4v) is 1.83. The molecule has 2 aromatic rings. The molecule has 1 aromatic carbocycles. The van der Waals surface area contributed by atoms with Gasteiger partial charge in [0.2, 0.25) is 5.95 Å². The predicted molar refractivity (Wildman–Crippen MR) is 72.1 cm³/mol. The molecule has 0 unspecified atom stereocenters. The molecule has 0 aliphatic carbocycles. The van der Waals surface area contributed by atoms with Gasteiger partial charge < -0.3 is 16.2 Å². The van der Waals surface area contributed by atoms with Crippen LogP contribution in [0.2, 0.25) is 0 Å². The summed E-state index contributed by atoms with van der Waals surface area (Å²) in [6.07, 6.45) is 0. The summed E-state index contributed by atoms with van der Waals surface area (Å²) in [5, 5.41) is 9.13. The third-order valence-electron chi connectivity index (χ3n) is 2.62. The molecular weight excluding hydrogens is 280 g/mol. The van der Waals surface area contributed by atoms with Crippen LogP contribution in [0.4, 0.5) is 20.5 Å². The average Bonchev–Trinajstić information content (AvgIpc) is 2.40. The van der Waals surface area contributed by atoms with Gasteiger partial charge in [-0.25, -0.2) is 13.8 Å². The first kappa shape index (κ1) is 14.5. The van der Waals surface area contributed by atoms with E-state index in [1.165, 1.54) is 0 Å². The molecule has 0 amide bonds. The van der Waals surface area contributed by atoms with Crippen LogP contribution in [0, 0.1) is 23.0 Å². The van der Waals surface area contributed by atoms with Crippen LogP contribution in [0.25, 0.3) is 11.3 Å². The second-order valence-corrected chi connectivity index (χ2v) is 4.00. The molecule has 0 saturated carbocycles. The number of nitrogens with zero attached hydrogens (tertiary/aromatic N) is 3. The zero-order valence-electron chi connectivity index (χ0n) is 11.0. The second-order valence-electron chi connectivity index (χ2n) is 4.00. The number of hydrogen-bond acceptors (Lipinski definition) is 6. The van der Waals surface area contributed by atoms with Gasteiger partial charge >= 0.3 is 0 Å². The smallest absolute Gasteiger partial charge is 0.222 e. The van der Waals surface area contributed by atoms with E-state index in [0.29, 0.717) is 6.07 Å². The molecule has 8 heteroatoms. The average molecular weight is 291 g/mol. The summed E-state index contributed by atoms with van der Waals surface area (Å²) >= 11 is 0. The molecular formula is C13H11F2N5O.